The van der Waals surface area contributed by atoms with E-state index in [1.807, 2.05) is 36.1 Å². The summed E-state index contributed by atoms with van der Waals surface area (Å²) in [6.07, 6.45) is 2.51. The highest BCUT2D eigenvalue weighted by Gasteiger charge is 2.21. The Labute approximate surface area is 162 Å². The lowest BCUT2D eigenvalue weighted by Crippen LogP contribution is -2.38. The van der Waals surface area contributed by atoms with Crippen LogP contribution in [0.25, 0.3) is 0 Å². The van der Waals surface area contributed by atoms with Gasteiger partial charge in [0.2, 0.25) is 5.91 Å². The fourth-order valence-electron chi connectivity index (χ4n) is 2.84. The van der Waals surface area contributed by atoms with Crippen molar-refractivity contribution in [2.24, 2.45) is 4.99 Å². The van der Waals surface area contributed by atoms with E-state index in [1.165, 1.54) is 0 Å². The van der Waals surface area contributed by atoms with Gasteiger partial charge in [-0.15, -0.1) is 0 Å². The molecule has 0 radical (unpaired) electrons. The molecule has 7 heteroatoms. The number of hydrogen-bond donors (Lipinski definition) is 2. The lowest BCUT2D eigenvalue weighted by atomic mass is 10.2. The molecule has 1 saturated heterocycles. The van der Waals surface area contributed by atoms with Gasteiger partial charge in [0.1, 0.15) is 0 Å². The minimum absolute atomic E-state index is 0.214. The first-order valence-electron chi connectivity index (χ1n) is 9.72. The number of benzene rings is 1. The van der Waals surface area contributed by atoms with Crippen molar-refractivity contribution in [3.05, 3.63) is 29.8 Å². The fraction of sp³-hybridized carbons (Fsp3) is 0.600. The molecule has 1 aliphatic rings. The third kappa shape index (κ3) is 7.56. The van der Waals surface area contributed by atoms with E-state index in [4.69, 9.17) is 9.47 Å². The summed E-state index contributed by atoms with van der Waals surface area (Å²) in [6.45, 7) is 7.03. The molecule has 1 aromatic carbocycles. The molecule has 1 aromatic rings. The SMILES string of the molecule is CCNC(=NCc1ccc(N2CCCC2=O)cc1)NCCCOCCOC. The summed E-state index contributed by atoms with van der Waals surface area (Å²) in [5.41, 5.74) is 2.09. The van der Waals surface area contributed by atoms with Gasteiger partial charge in [-0.25, -0.2) is 4.99 Å². The first kappa shape index (κ1) is 21.2. The van der Waals surface area contributed by atoms with Crippen LogP contribution in [0.3, 0.4) is 0 Å². The number of carbonyl (C=O) groups is 1. The van der Waals surface area contributed by atoms with Gasteiger partial charge in [-0.3, -0.25) is 4.79 Å². The number of ether oxygens (including phenoxy) is 2. The average Bonchev–Trinajstić information content (AvgIpc) is 3.11. The van der Waals surface area contributed by atoms with Crippen LogP contribution in [0.2, 0.25) is 0 Å². The highest BCUT2D eigenvalue weighted by Crippen LogP contribution is 2.21. The van der Waals surface area contributed by atoms with E-state index in [2.05, 4.69) is 15.6 Å². The van der Waals surface area contributed by atoms with E-state index in [1.54, 1.807) is 7.11 Å². The second kappa shape index (κ2) is 12.3. The average molecular weight is 377 g/mol. The van der Waals surface area contributed by atoms with E-state index >= 15 is 0 Å². The number of rotatable bonds is 11. The van der Waals surface area contributed by atoms with Crippen molar-refractivity contribution in [3.63, 3.8) is 0 Å². The van der Waals surface area contributed by atoms with Crippen LogP contribution in [0.1, 0.15) is 31.7 Å². The van der Waals surface area contributed by atoms with Crippen LogP contribution in [0, 0.1) is 0 Å². The summed E-state index contributed by atoms with van der Waals surface area (Å²) in [7, 11) is 1.67. The number of aliphatic imine (C=N–C) groups is 1. The monoisotopic (exact) mass is 376 g/mol. The summed E-state index contributed by atoms with van der Waals surface area (Å²) in [5, 5.41) is 6.57. The summed E-state index contributed by atoms with van der Waals surface area (Å²) in [4.78, 5) is 18.3. The standard InChI is InChI=1S/C20H32N4O3/c1-3-21-20(22-11-5-13-27-15-14-26-2)23-16-17-7-9-18(10-8-17)24-12-4-6-19(24)25/h7-10H,3-6,11-16H2,1-2H3,(H2,21,22,23). The van der Waals surface area contributed by atoms with Crippen molar-refractivity contribution in [1.82, 2.24) is 10.6 Å². The van der Waals surface area contributed by atoms with Gasteiger partial charge in [0.15, 0.2) is 5.96 Å². The number of nitrogens with one attached hydrogen (secondary N) is 2. The Morgan fingerprint density at radius 3 is 2.67 bits per heavy atom. The normalized spacial score (nSPS) is 14.7. The molecule has 0 saturated carbocycles. The zero-order chi connectivity index (χ0) is 19.3. The molecular weight excluding hydrogens is 344 g/mol. The highest BCUT2D eigenvalue weighted by atomic mass is 16.5. The third-order valence-electron chi connectivity index (χ3n) is 4.28. The van der Waals surface area contributed by atoms with E-state index in [0.29, 0.717) is 32.8 Å². The molecule has 0 aromatic heterocycles. The molecule has 2 N–H and O–H groups in total. The van der Waals surface area contributed by atoms with Crippen molar-refractivity contribution in [2.75, 3.05) is 51.5 Å². The number of hydrogen-bond acceptors (Lipinski definition) is 4. The molecule has 0 aliphatic carbocycles. The Kier molecular flexibility index (Phi) is 9.65. The molecule has 1 heterocycles. The Bertz CT molecular complexity index is 589. The van der Waals surface area contributed by atoms with Crippen molar-refractivity contribution in [1.29, 1.82) is 0 Å². The molecule has 7 nitrogen and oxygen atoms in total. The quantitative estimate of drug-likeness (QED) is 0.351. The number of methoxy groups -OCH3 is 1. The first-order chi connectivity index (χ1) is 13.2. The van der Waals surface area contributed by atoms with Crippen molar-refractivity contribution < 1.29 is 14.3 Å². The van der Waals surface area contributed by atoms with Gasteiger partial charge in [-0.1, -0.05) is 12.1 Å². The van der Waals surface area contributed by atoms with E-state index < -0.39 is 0 Å². The summed E-state index contributed by atoms with van der Waals surface area (Å²) in [6, 6.07) is 8.09. The zero-order valence-electron chi connectivity index (χ0n) is 16.5. The lowest BCUT2D eigenvalue weighted by molar-refractivity contribution is -0.117. The Balaban J connectivity index is 1.77. The molecule has 1 fully saturated rings. The predicted octanol–water partition coefficient (Wildman–Crippen LogP) is 1.92. The summed E-state index contributed by atoms with van der Waals surface area (Å²) < 4.78 is 10.4. The van der Waals surface area contributed by atoms with Gasteiger partial charge in [-0.05, 0) is 37.5 Å². The van der Waals surface area contributed by atoms with Gasteiger partial charge in [0.05, 0.1) is 19.8 Å². The lowest BCUT2D eigenvalue weighted by Gasteiger charge is -2.16. The smallest absolute Gasteiger partial charge is 0.227 e. The molecule has 0 unspecified atom stereocenters. The third-order valence-corrected chi connectivity index (χ3v) is 4.28. The minimum atomic E-state index is 0.214. The molecular formula is C20H32N4O3. The van der Waals surface area contributed by atoms with Gasteiger partial charge >= 0.3 is 0 Å². The molecule has 0 bridgehead atoms. The van der Waals surface area contributed by atoms with Crippen LogP contribution in [0.15, 0.2) is 29.3 Å². The number of nitrogens with zero attached hydrogens (tertiary/aromatic N) is 2. The van der Waals surface area contributed by atoms with Crippen LogP contribution in [0.5, 0.6) is 0 Å². The zero-order valence-corrected chi connectivity index (χ0v) is 16.5. The maximum Gasteiger partial charge on any atom is 0.227 e. The van der Waals surface area contributed by atoms with Gasteiger partial charge in [-0.2, -0.15) is 0 Å². The number of carbonyl (C=O) groups excluding carboxylic acids is 1. The van der Waals surface area contributed by atoms with Crippen LogP contribution in [-0.2, 0) is 20.8 Å². The Hall–Kier alpha value is -2.12. The second-order valence-corrected chi connectivity index (χ2v) is 6.40. The Morgan fingerprint density at radius 1 is 1.19 bits per heavy atom. The van der Waals surface area contributed by atoms with E-state index in [-0.39, 0.29) is 5.91 Å². The van der Waals surface area contributed by atoms with E-state index in [9.17, 15) is 4.79 Å². The number of guanidine groups is 1. The molecule has 27 heavy (non-hydrogen) atoms. The van der Waals surface area contributed by atoms with Crippen molar-refractivity contribution in [3.8, 4) is 0 Å². The second-order valence-electron chi connectivity index (χ2n) is 6.40. The largest absolute Gasteiger partial charge is 0.382 e. The van der Waals surface area contributed by atoms with E-state index in [0.717, 1.165) is 49.7 Å². The van der Waals surface area contributed by atoms with Crippen molar-refractivity contribution >= 4 is 17.6 Å². The topological polar surface area (TPSA) is 75.2 Å². The maximum absolute atomic E-state index is 11.8. The molecule has 1 aliphatic heterocycles. The molecule has 1 amide bonds. The molecule has 150 valence electrons. The first-order valence-corrected chi connectivity index (χ1v) is 9.72. The number of anilines is 1. The van der Waals surface area contributed by atoms with Gasteiger partial charge < -0.3 is 25.0 Å². The minimum Gasteiger partial charge on any atom is -0.382 e. The molecule has 0 spiro atoms. The van der Waals surface area contributed by atoms with Crippen LogP contribution in [-0.4, -0.2) is 58.4 Å². The van der Waals surface area contributed by atoms with Crippen LogP contribution < -0.4 is 15.5 Å². The Morgan fingerprint density at radius 2 is 2.00 bits per heavy atom. The molecule has 0 atom stereocenters. The fourth-order valence-corrected chi connectivity index (χ4v) is 2.84. The van der Waals surface area contributed by atoms with Crippen LogP contribution in [0.4, 0.5) is 5.69 Å². The maximum atomic E-state index is 11.8. The van der Waals surface area contributed by atoms with Crippen LogP contribution >= 0.6 is 0 Å². The number of amides is 1. The van der Waals surface area contributed by atoms with Gasteiger partial charge in [0, 0.05) is 45.5 Å². The van der Waals surface area contributed by atoms with Gasteiger partial charge in [0.25, 0.3) is 0 Å². The van der Waals surface area contributed by atoms with Crippen molar-refractivity contribution in [2.45, 2.75) is 32.7 Å². The summed E-state index contributed by atoms with van der Waals surface area (Å²) >= 11 is 0. The molecule has 2 rings (SSSR count). The highest BCUT2D eigenvalue weighted by molar-refractivity contribution is 5.95. The predicted molar refractivity (Wildman–Crippen MR) is 108 cm³/mol. The summed E-state index contributed by atoms with van der Waals surface area (Å²) in [5.74, 6) is 1.01.